The van der Waals surface area contributed by atoms with Crippen LogP contribution in [0.2, 0.25) is 0 Å². The van der Waals surface area contributed by atoms with Crippen molar-refractivity contribution in [3.05, 3.63) is 53.8 Å². The Morgan fingerprint density at radius 2 is 1.83 bits per heavy atom. The smallest absolute Gasteiger partial charge is 0.245 e. The number of carbonyl (C=O) groups excluding carboxylic acids is 1. The number of sulfonamides is 1. The molecule has 1 amide bonds. The Morgan fingerprint density at radius 1 is 1.10 bits per heavy atom. The van der Waals surface area contributed by atoms with Crippen LogP contribution in [0, 0.1) is 11.7 Å². The number of methoxy groups -OCH3 is 1. The Balaban J connectivity index is 1.46. The first kappa shape index (κ1) is 20.8. The average molecular weight is 433 g/mol. The maximum atomic E-state index is 14.0. The molecule has 160 valence electrons. The lowest BCUT2D eigenvalue weighted by atomic mass is 9.94. The molecule has 2 aliphatic heterocycles. The molecular formula is C22H25FN2O4S. The second-order valence-corrected chi connectivity index (χ2v) is 9.60. The molecule has 0 radical (unpaired) electrons. The number of piperidine rings is 1. The molecule has 0 atom stereocenters. The summed E-state index contributed by atoms with van der Waals surface area (Å²) in [6.07, 6.45) is 2.63. The Kier molecular flexibility index (Phi) is 5.79. The topological polar surface area (TPSA) is 66.9 Å². The van der Waals surface area contributed by atoms with E-state index in [2.05, 4.69) is 0 Å². The second-order valence-electron chi connectivity index (χ2n) is 7.70. The SMILES string of the molecule is COc1ccc2c(c1)CCCN2C(=O)C1CCN(S(=O)(=O)c2ccccc2F)CC1. The van der Waals surface area contributed by atoms with Crippen molar-refractivity contribution in [1.82, 2.24) is 4.31 Å². The summed E-state index contributed by atoms with van der Waals surface area (Å²) >= 11 is 0. The lowest BCUT2D eigenvalue weighted by Crippen LogP contribution is -2.45. The maximum absolute atomic E-state index is 14.0. The summed E-state index contributed by atoms with van der Waals surface area (Å²) in [6, 6.07) is 11.1. The zero-order valence-electron chi connectivity index (χ0n) is 16.9. The molecule has 6 nitrogen and oxygen atoms in total. The summed E-state index contributed by atoms with van der Waals surface area (Å²) < 4.78 is 46.2. The van der Waals surface area contributed by atoms with Gasteiger partial charge in [0.15, 0.2) is 0 Å². The molecule has 0 aromatic heterocycles. The van der Waals surface area contributed by atoms with E-state index >= 15 is 0 Å². The summed E-state index contributed by atoms with van der Waals surface area (Å²) in [6.45, 7) is 1.07. The van der Waals surface area contributed by atoms with Crippen molar-refractivity contribution in [2.45, 2.75) is 30.6 Å². The highest BCUT2D eigenvalue weighted by molar-refractivity contribution is 7.89. The number of rotatable bonds is 4. The monoisotopic (exact) mass is 432 g/mol. The standard InChI is InChI=1S/C22H25FN2O4S/c1-29-18-8-9-20-17(15-18)5-4-12-25(20)22(26)16-10-13-24(14-11-16)30(27,28)21-7-3-2-6-19(21)23/h2-3,6-9,15-16H,4-5,10-14H2,1H3. The molecule has 0 aliphatic carbocycles. The lowest BCUT2D eigenvalue weighted by Gasteiger charge is -2.36. The number of hydrogen-bond acceptors (Lipinski definition) is 4. The molecule has 0 N–H and O–H groups in total. The van der Waals surface area contributed by atoms with Crippen molar-refractivity contribution in [2.75, 3.05) is 31.6 Å². The van der Waals surface area contributed by atoms with Gasteiger partial charge in [-0.2, -0.15) is 4.31 Å². The first-order valence-corrected chi connectivity index (χ1v) is 11.6. The van der Waals surface area contributed by atoms with Gasteiger partial charge in [0.25, 0.3) is 0 Å². The highest BCUT2D eigenvalue weighted by Crippen LogP contribution is 2.33. The van der Waals surface area contributed by atoms with Crippen molar-refractivity contribution in [3.63, 3.8) is 0 Å². The fourth-order valence-electron chi connectivity index (χ4n) is 4.29. The van der Waals surface area contributed by atoms with Crippen molar-refractivity contribution >= 4 is 21.6 Å². The molecule has 0 saturated carbocycles. The highest BCUT2D eigenvalue weighted by Gasteiger charge is 2.36. The van der Waals surface area contributed by atoms with Gasteiger partial charge in [0, 0.05) is 31.2 Å². The lowest BCUT2D eigenvalue weighted by molar-refractivity contribution is -0.123. The van der Waals surface area contributed by atoms with Crippen LogP contribution < -0.4 is 9.64 Å². The van der Waals surface area contributed by atoms with Crippen molar-refractivity contribution in [3.8, 4) is 5.75 Å². The van der Waals surface area contributed by atoms with Crippen molar-refractivity contribution in [2.24, 2.45) is 5.92 Å². The number of benzene rings is 2. The number of hydrogen-bond donors (Lipinski definition) is 0. The van der Waals surface area contributed by atoms with E-state index in [1.165, 1.54) is 22.5 Å². The molecule has 2 aromatic rings. The van der Waals surface area contributed by atoms with Crippen LogP contribution in [0.4, 0.5) is 10.1 Å². The number of carbonyl (C=O) groups is 1. The Bertz CT molecular complexity index is 1050. The van der Waals surface area contributed by atoms with Gasteiger partial charge in [-0.3, -0.25) is 4.79 Å². The first-order valence-electron chi connectivity index (χ1n) is 10.1. The van der Waals surface area contributed by atoms with Crippen LogP contribution in [0.1, 0.15) is 24.8 Å². The van der Waals surface area contributed by atoms with Crippen LogP contribution in [0.25, 0.3) is 0 Å². The van der Waals surface area contributed by atoms with E-state index in [1.54, 1.807) is 7.11 Å². The van der Waals surface area contributed by atoms with Crippen LogP contribution >= 0.6 is 0 Å². The van der Waals surface area contributed by atoms with Gasteiger partial charge in [-0.25, -0.2) is 12.8 Å². The fraction of sp³-hybridized carbons (Fsp3) is 0.409. The molecule has 1 fully saturated rings. The number of ether oxygens (including phenoxy) is 1. The minimum Gasteiger partial charge on any atom is -0.497 e. The normalized spacial score (nSPS) is 18.1. The van der Waals surface area contributed by atoms with E-state index in [1.807, 2.05) is 23.1 Å². The van der Waals surface area contributed by atoms with E-state index < -0.39 is 15.8 Å². The maximum Gasteiger partial charge on any atom is 0.245 e. The Labute approximate surface area is 176 Å². The molecule has 1 saturated heterocycles. The molecular weight excluding hydrogens is 407 g/mol. The average Bonchev–Trinajstić information content (AvgIpc) is 2.78. The van der Waals surface area contributed by atoms with Crippen molar-refractivity contribution in [1.29, 1.82) is 0 Å². The number of amides is 1. The second kappa shape index (κ2) is 8.35. The molecule has 2 aliphatic rings. The zero-order valence-corrected chi connectivity index (χ0v) is 17.7. The minimum absolute atomic E-state index is 0.0315. The van der Waals surface area contributed by atoms with E-state index in [-0.39, 0.29) is 29.8 Å². The molecule has 0 unspecified atom stereocenters. The molecule has 2 aromatic carbocycles. The molecule has 0 spiro atoms. The molecule has 4 rings (SSSR count). The van der Waals surface area contributed by atoms with Crippen LogP contribution in [-0.2, 0) is 21.2 Å². The Morgan fingerprint density at radius 3 is 2.53 bits per heavy atom. The van der Waals surface area contributed by atoms with E-state index in [0.29, 0.717) is 19.4 Å². The van der Waals surface area contributed by atoms with Gasteiger partial charge in [-0.15, -0.1) is 0 Å². The van der Waals surface area contributed by atoms with Crippen LogP contribution in [0.3, 0.4) is 0 Å². The summed E-state index contributed by atoms with van der Waals surface area (Å²) in [5, 5.41) is 0. The van der Waals surface area contributed by atoms with Crippen LogP contribution in [0.5, 0.6) is 5.75 Å². The predicted molar refractivity (Wildman–Crippen MR) is 112 cm³/mol. The molecule has 30 heavy (non-hydrogen) atoms. The first-order chi connectivity index (χ1) is 14.4. The van der Waals surface area contributed by atoms with E-state index in [4.69, 9.17) is 4.74 Å². The molecule has 8 heteroatoms. The fourth-order valence-corrected chi connectivity index (χ4v) is 5.82. The van der Waals surface area contributed by atoms with Gasteiger partial charge < -0.3 is 9.64 Å². The number of fused-ring (bicyclic) bond motifs is 1. The largest absolute Gasteiger partial charge is 0.497 e. The van der Waals surface area contributed by atoms with Crippen LogP contribution in [-0.4, -0.2) is 45.4 Å². The van der Waals surface area contributed by atoms with Gasteiger partial charge in [0.1, 0.15) is 16.5 Å². The van der Waals surface area contributed by atoms with Gasteiger partial charge in [-0.05, 0) is 61.6 Å². The van der Waals surface area contributed by atoms with Gasteiger partial charge in [-0.1, -0.05) is 12.1 Å². The third-order valence-corrected chi connectivity index (χ3v) is 7.86. The highest BCUT2D eigenvalue weighted by atomic mass is 32.2. The van der Waals surface area contributed by atoms with E-state index in [9.17, 15) is 17.6 Å². The van der Waals surface area contributed by atoms with Gasteiger partial charge in [0.05, 0.1) is 7.11 Å². The molecule has 0 bridgehead atoms. The van der Waals surface area contributed by atoms with Gasteiger partial charge >= 0.3 is 0 Å². The summed E-state index contributed by atoms with van der Waals surface area (Å²) in [5.74, 6) is -0.195. The number of anilines is 1. The summed E-state index contributed by atoms with van der Waals surface area (Å²) in [7, 11) is -2.28. The minimum atomic E-state index is -3.90. The third-order valence-electron chi connectivity index (χ3n) is 5.93. The summed E-state index contributed by atoms with van der Waals surface area (Å²) in [5.41, 5.74) is 2.00. The molecule has 2 heterocycles. The number of nitrogens with zero attached hydrogens (tertiary/aromatic N) is 2. The van der Waals surface area contributed by atoms with Crippen LogP contribution in [0.15, 0.2) is 47.4 Å². The van der Waals surface area contributed by atoms with Crippen molar-refractivity contribution < 1.29 is 22.3 Å². The third kappa shape index (κ3) is 3.81. The number of halogens is 1. The summed E-state index contributed by atoms with van der Waals surface area (Å²) in [4.78, 5) is 14.7. The zero-order chi connectivity index (χ0) is 21.3. The predicted octanol–water partition coefficient (Wildman–Crippen LogP) is 3.21. The van der Waals surface area contributed by atoms with E-state index in [0.717, 1.165) is 35.9 Å². The number of aryl methyl sites for hydroxylation is 1. The van der Waals surface area contributed by atoms with Gasteiger partial charge in [0.2, 0.25) is 15.9 Å². The Hall–Kier alpha value is -2.45. The quantitative estimate of drug-likeness (QED) is 0.744.